The lowest BCUT2D eigenvalue weighted by atomic mass is 10.1. The number of nitrogens with one attached hydrogen (secondary N) is 2. The van der Waals surface area contributed by atoms with Crippen LogP contribution >= 0.6 is 0 Å². The highest BCUT2D eigenvalue weighted by atomic mass is 16.5. The molecule has 2 aromatic rings. The highest BCUT2D eigenvalue weighted by Gasteiger charge is 2.18. The summed E-state index contributed by atoms with van der Waals surface area (Å²) in [7, 11) is 0. The fourth-order valence-electron chi connectivity index (χ4n) is 3.58. The molecule has 1 saturated heterocycles. The van der Waals surface area contributed by atoms with E-state index in [1.54, 1.807) is 0 Å². The van der Waals surface area contributed by atoms with Crippen molar-refractivity contribution in [2.45, 2.75) is 52.3 Å². The van der Waals surface area contributed by atoms with Crippen molar-refractivity contribution in [3.8, 4) is 0 Å². The van der Waals surface area contributed by atoms with Gasteiger partial charge >= 0.3 is 0 Å². The number of nitrogens with zero attached hydrogens (tertiary/aromatic N) is 3. The molecule has 0 amide bonds. The first-order valence-electron chi connectivity index (χ1n) is 11.0. The van der Waals surface area contributed by atoms with E-state index in [2.05, 4.69) is 77.7 Å². The maximum absolute atomic E-state index is 5.64. The average Bonchev–Trinajstić information content (AvgIpc) is 2.77. The van der Waals surface area contributed by atoms with Crippen LogP contribution in [-0.4, -0.2) is 49.3 Å². The number of aliphatic imine (C=N–C) groups is 1. The van der Waals surface area contributed by atoms with E-state index in [-0.39, 0.29) is 6.10 Å². The van der Waals surface area contributed by atoms with Crippen molar-refractivity contribution in [3.05, 3.63) is 59.8 Å². The molecule has 0 saturated carbocycles. The average molecular weight is 410 g/mol. The highest BCUT2D eigenvalue weighted by Crippen LogP contribution is 2.17. The number of aryl methyl sites for hydroxylation is 1. The molecule has 3 rings (SSSR count). The van der Waals surface area contributed by atoms with E-state index >= 15 is 0 Å². The van der Waals surface area contributed by atoms with Gasteiger partial charge in [0.25, 0.3) is 0 Å². The molecule has 0 radical (unpaired) electrons. The van der Waals surface area contributed by atoms with E-state index in [9.17, 15) is 0 Å². The van der Waals surface area contributed by atoms with Crippen LogP contribution in [0.3, 0.4) is 0 Å². The number of hydrogen-bond donors (Lipinski definition) is 2. The summed E-state index contributed by atoms with van der Waals surface area (Å²) in [6.45, 7) is 10.4. The molecule has 6 heteroatoms. The van der Waals surface area contributed by atoms with Gasteiger partial charge in [-0.25, -0.2) is 9.98 Å². The van der Waals surface area contributed by atoms with E-state index < -0.39 is 0 Å². The molecular formula is C24H35N5O. The number of aromatic nitrogens is 1. The van der Waals surface area contributed by atoms with Crippen LogP contribution in [-0.2, 0) is 17.7 Å². The number of rotatable bonds is 8. The minimum Gasteiger partial charge on any atom is -0.375 e. The van der Waals surface area contributed by atoms with Crippen LogP contribution in [0.15, 0.2) is 53.7 Å². The van der Waals surface area contributed by atoms with Gasteiger partial charge in [-0.15, -0.1) is 0 Å². The SMILES string of the molecule is CCNC(=NCc1ccnc(N2CCOC(C)C2)c1)NC(C)CCc1ccccc1. The number of hydrogen-bond acceptors (Lipinski definition) is 4. The van der Waals surface area contributed by atoms with Gasteiger partial charge in [0.15, 0.2) is 5.96 Å². The molecule has 2 unspecified atom stereocenters. The summed E-state index contributed by atoms with van der Waals surface area (Å²) in [5, 5.41) is 6.90. The molecule has 0 bridgehead atoms. The largest absolute Gasteiger partial charge is 0.375 e. The van der Waals surface area contributed by atoms with E-state index in [1.807, 2.05) is 12.3 Å². The summed E-state index contributed by atoms with van der Waals surface area (Å²) >= 11 is 0. The molecule has 2 atom stereocenters. The maximum atomic E-state index is 5.64. The Labute approximate surface area is 180 Å². The zero-order chi connectivity index (χ0) is 21.2. The molecule has 0 spiro atoms. The van der Waals surface area contributed by atoms with Gasteiger partial charge in [0, 0.05) is 31.9 Å². The molecule has 30 heavy (non-hydrogen) atoms. The third-order valence-electron chi connectivity index (χ3n) is 5.23. The van der Waals surface area contributed by atoms with Gasteiger partial charge in [-0.05, 0) is 56.9 Å². The summed E-state index contributed by atoms with van der Waals surface area (Å²) < 4.78 is 5.64. The Kier molecular flexibility index (Phi) is 8.51. The Hall–Kier alpha value is -2.60. The monoisotopic (exact) mass is 409 g/mol. The molecule has 1 fully saturated rings. The van der Waals surface area contributed by atoms with Crippen molar-refractivity contribution >= 4 is 11.8 Å². The summed E-state index contributed by atoms with van der Waals surface area (Å²) in [4.78, 5) is 11.6. The number of ether oxygens (including phenoxy) is 1. The number of morpholine rings is 1. The van der Waals surface area contributed by atoms with Crippen LogP contribution < -0.4 is 15.5 Å². The Morgan fingerprint density at radius 1 is 1.27 bits per heavy atom. The fraction of sp³-hybridized carbons (Fsp3) is 0.500. The number of anilines is 1. The van der Waals surface area contributed by atoms with E-state index in [0.717, 1.165) is 56.4 Å². The van der Waals surface area contributed by atoms with Gasteiger partial charge in [0.2, 0.25) is 0 Å². The molecule has 2 N–H and O–H groups in total. The van der Waals surface area contributed by atoms with Crippen molar-refractivity contribution in [2.24, 2.45) is 4.99 Å². The van der Waals surface area contributed by atoms with Gasteiger partial charge in [0.1, 0.15) is 5.82 Å². The van der Waals surface area contributed by atoms with Crippen molar-refractivity contribution in [1.29, 1.82) is 0 Å². The van der Waals surface area contributed by atoms with Crippen molar-refractivity contribution in [3.63, 3.8) is 0 Å². The standard InChI is InChI=1S/C24H35N5O/c1-4-25-24(28-19(2)10-11-21-8-6-5-7-9-21)27-17-22-12-13-26-23(16-22)29-14-15-30-20(3)18-29/h5-9,12-13,16,19-20H,4,10-11,14-15,17-18H2,1-3H3,(H2,25,27,28). The van der Waals surface area contributed by atoms with E-state index in [0.29, 0.717) is 12.6 Å². The van der Waals surface area contributed by atoms with Gasteiger partial charge < -0.3 is 20.3 Å². The van der Waals surface area contributed by atoms with Crippen molar-refractivity contribution in [1.82, 2.24) is 15.6 Å². The zero-order valence-electron chi connectivity index (χ0n) is 18.5. The lowest BCUT2D eigenvalue weighted by Gasteiger charge is -2.32. The first-order chi connectivity index (χ1) is 14.6. The second kappa shape index (κ2) is 11.6. The first kappa shape index (κ1) is 22.1. The second-order valence-corrected chi connectivity index (χ2v) is 7.91. The topological polar surface area (TPSA) is 61.8 Å². The van der Waals surface area contributed by atoms with Gasteiger partial charge in [-0.3, -0.25) is 0 Å². The lowest BCUT2D eigenvalue weighted by Crippen LogP contribution is -2.42. The Bertz CT molecular complexity index is 795. The molecule has 162 valence electrons. The molecule has 1 aromatic heterocycles. The predicted molar refractivity (Wildman–Crippen MR) is 124 cm³/mol. The number of pyridine rings is 1. The van der Waals surface area contributed by atoms with Crippen LogP contribution in [0, 0.1) is 0 Å². The molecule has 1 aliphatic heterocycles. The van der Waals surface area contributed by atoms with Gasteiger partial charge in [-0.1, -0.05) is 30.3 Å². The van der Waals surface area contributed by atoms with Crippen LogP contribution in [0.5, 0.6) is 0 Å². The Balaban J connectivity index is 1.56. The first-order valence-corrected chi connectivity index (χ1v) is 11.0. The van der Waals surface area contributed by atoms with E-state index in [1.165, 1.54) is 5.56 Å². The van der Waals surface area contributed by atoms with Crippen molar-refractivity contribution < 1.29 is 4.74 Å². The third-order valence-corrected chi connectivity index (χ3v) is 5.23. The minimum absolute atomic E-state index is 0.240. The van der Waals surface area contributed by atoms with Crippen molar-refractivity contribution in [2.75, 3.05) is 31.1 Å². The molecule has 0 aliphatic carbocycles. The molecule has 2 heterocycles. The fourth-order valence-corrected chi connectivity index (χ4v) is 3.58. The van der Waals surface area contributed by atoms with E-state index in [4.69, 9.17) is 9.73 Å². The summed E-state index contributed by atoms with van der Waals surface area (Å²) in [6.07, 6.45) is 4.23. The molecule has 6 nitrogen and oxygen atoms in total. The summed E-state index contributed by atoms with van der Waals surface area (Å²) in [5.41, 5.74) is 2.53. The zero-order valence-corrected chi connectivity index (χ0v) is 18.5. The van der Waals surface area contributed by atoms with Crippen LogP contribution in [0.1, 0.15) is 38.3 Å². The molecule has 1 aliphatic rings. The van der Waals surface area contributed by atoms with Gasteiger partial charge in [-0.2, -0.15) is 0 Å². The van der Waals surface area contributed by atoms with Crippen LogP contribution in [0.25, 0.3) is 0 Å². The van der Waals surface area contributed by atoms with Gasteiger partial charge in [0.05, 0.1) is 19.3 Å². The number of benzene rings is 1. The molecule has 1 aromatic carbocycles. The predicted octanol–water partition coefficient (Wildman–Crippen LogP) is 3.38. The summed E-state index contributed by atoms with van der Waals surface area (Å²) in [5.74, 6) is 1.86. The quantitative estimate of drug-likeness (QED) is 0.517. The highest BCUT2D eigenvalue weighted by molar-refractivity contribution is 5.80. The normalized spacial score (nSPS) is 18.2. The number of guanidine groups is 1. The smallest absolute Gasteiger partial charge is 0.191 e. The summed E-state index contributed by atoms with van der Waals surface area (Å²) in [6, 6.07) is 15.1. The Morgan fingerprint density at radius 3 is 2.87 bits per heavy atom. The minimum atomic E-state index is 0.240. The Morgan fingerprint density at radius 2 is 2.10 bits per heavy atom. The lowest BCUT2D eigenvalue weighted by molar-refractivity contribution is 0.0529. The maximum Gasteiger partial charge on any atom is 0.191 e. The third kappa shape index (κ3) is 7.02. The molecular weight excluding hydrogens is 374 g/mol. The van der Waals surface area contributed by atoms with Crippen LogP contribution in [0.2, 0.25) is 0 Å². The van der Waals surface area contributed by atoms with Crippen LogP contribution in [0.4, 0.5) is 5.82 Å². The second-order valence-electron chi connectivity index (χ2n) is 7.91.